The Kier molecular flexibility index (Phi) is 5.59. The molecule has 1 amide bonds. The van der Waals surface area contributed by atoms with Crippen LogP contribution in [0, 0.1) is 13.8 Å². The van der Waals surface area contributed by atoms with Crippen molar-refractivity contribution in [3.05, 3.63) is 59.2 Å². The normalized spacial score (nSPS) is 10.3. The van der Waals surface area contributed by atoms with E-state index in [0.29, 0.717) is 6.42 Å². The van der Waals surface area contributed by atoms with Gasteiger partial charge in [-0.15, -0.1) is 0 Å². The zero-order valence-electron chi connectivity index (χ0n) is 13.5. The number of ether oxygens (including phenoxy) is 1. The van der Waals surface area contributed by atoms with Gasteiger partial charge in [0.2, 0.25) is 5.91 Å². The summed E-state index contributed by atoms with van der Waals surface area (Å²) in [5.74, 6) is 0.926. The average molecular weight is 297 g/mol. The second-order valence-corrected chi connectivity index (χ2v) is 5.63. The summed E-state index contributed by atoms with van der Waals surface area (Å²) >= 11 is 0. The molecule has 0 fully saturated rings. The third-order valence-electron chi connectivity index (χ3n) is 3.53. The maximum Gasteiger partial charge on any atom is 0.224 e. The van der Waals surface area contributed by atoms with Gasteiger partial charge in [-0.25, -0.2) is 0 Å². The summed E-state index contributed by atoms with van der Waals surface area (Å²) in [7, 11) is 1.66. The first-order valence-corrected chi connectivity index (χ1v) is 7.58. The quantitative estimate of drug-likeness (QED) is 0.864. The van der Waals surface area contributed by atoms with E-state index < -0.39 is 0 Å². The van der Waals surface area contributed by atoms with Gasteiger partial charge in [-0.1, -0.05) is 18.2 Å². The Labute approximate surface area is 132 Å². The van der Waals surface area contributed by atoms with Crippen LogP contribution in [0.5, 0.6) is 5.75 Å². The SMILES string of the molecule is COc1ccc(CCCC(=O)Nc2cc(C)cc(C)c2)cc1. The Bertz CT molecular complexity index is 612. The highest BCUT2D eigenvalue weighted by molar-refractivity contribution is 5.90. The fourth-order valence-electron chi connectivity index (χ4n) is 2.52. The monoisotopic (exact) mass is 297 g/mol. The summed E-state index contributed by atoms with van der Waals surface area (Å²) in [4.78, 5) is 12.0. The van der Waals surface area contributed by atoms with Crippen LogP contribution in [0.2, 0.25) is 0 Å². The fraction of sp³-hybridized carbons (Fsp3) is 0.316. The third-order valence-corrected chi connectivity index (χ3v) is 3.53. The van der Waals surface area contributed by atoms with Crippen LogP contribution in [0.15, 0.2) is 42.5 Å². The fourth-order valence-corrected chi connectivity index (χ4v) is 2.52. The van der Waals surface area contributed by atoms with Gasteiger partial charge < -0.3 is 10.1 Å². The number of aryl methyl sites for hydroxylation is 3. The molecule has 0 aliphatic carbocycles. The van der Waals surface area contributed by atoms with E-state index in [1.165, 1.54) is 5.56 Å². The van der Waals surface area contributed by atoms with Crippen LogP contribution in [0.1, 0.15) is 29.5 Å². The molecule has 3 nitrogen and oxygen atoms in total. The molecule has 0 atom stereocenters. The number of rotatable bonds is 6. The van der Waals surface area contributed by atoms with Gasteiger partial charge in [0.05, 0.1) is 7.11 Å². The molecule has 0 saturated heterocycles. The maximum atomic E-state index is 12.0. The predicted molar refractivity (Wildman–Crippen MR) is 90.5 cm³/mol. The first-order valence-electron chi connectivity index (χ1n) is 7.58. The lowest BCUT2D eigenvalue weighted by atomic mass is 10.1. The Morgan fingerprint density at radius 2 is 1.68 bits per heavy atom. The Balaban J connectivity index is 1.79. The number of hydrogen-bond acceptors (Lipinski definition) is 2. The highest BCUT2D eigenvalue weighted by atomic mass is 16.5. The van der Waals surface area contributed by atoms with Crippen molar-refractivity contribution in [3.8, 4) is 5.75 Å². The van der Waals surface area contributed by atoms with Crippen LogP contribution in [-0.4, -0.2) is 13.0 Å². The molecule has 0 aliphatic rings. The summed E-state index contributed by atoms with van der Waals surface area (Å²) in [6.07, 6.45) is 2.26. The van der Waals surface area contributed by atoms with E-state index in [2.05, 4.69) is 11.4 Å². The molecular formula is C19H23NO2. The van der Waals surface area contributed by atoms with E-state index >= 15 is 0 Å². The largest absolute Gasteiger partial charge is 0.497 e. The molecule has 2 aromatic carbocycles. The average Bonchev–Trinajstić information content (AvgIpc) is 2.47. The lowest BCUT2D eigenvalue weighted by Gasteiger charge is -2.08. The van der Waals surface area contributed by atoms with Gasteiger partial charge in [0, 0.05) is 12.1 Å². The highest BCUT2D eigenvalue weighted by Gasteiger charge is 2.04. The van der Waals surface area contributed by atoms with Gasteiger partial charge >= 0.3 is 0 Å². The summed E-state index contributed by atoms with van der Waals surface area (Å²) in [6, 6.07) is 14.1. The van der Waals surface area contributed by atoms with Crippen molar-refractivity contribution >= 4 is 11.6 Å². The molecule has 0 spiro atoms. The third kappa shape index (κ3) is 4.92. The number of carbonyl (C=O) groups excluding carboxylic acids is 1. The zero-order valence-corrected chi connectivity index (χ0v) is 13.5. The van der Waals surface area contributed by atoms with Crippen molar-refractivity contribution in [2.24, 2.45) is 0 Å². The van der Waals surface area contributed by atoms with Crippen LogP contribution in [0.25, 0.3) is 0 Å². The molecule has 3 heteroatoms. The lowest BCUT2D eigenvalue weighted by Crippen LogP contribution is -2.11. The second kappa shape index (κ2) is 7.64. The molecule has 0 aromatic heterocycles. The molecule has 2 rings (SSSR count). The number of methoxy groups -OCH3 is 1. The van der Waals surface area contributed by atoms with Crippen LogP contribution in [0.3, 0.4) is 0 Å². The Morgan fingerprint density at radius 1 is 1.05 bits per heavy atom. The van der Waals surface area contributed by atoms with Crippen molar-refractivity contribution < 1.29 is 9.53 Å². The van der Waals surface area contributed by atoms with Crippen molar-refractivity contribution in [3.63, 3.8) is 0 Å². The van der Waals surface area contributed by atoms with E-state index in [1.807, 2.05) is 50.2 Å². The molecule has 0 radical (unpaired) electrons. The van der Waals surface area contributed by atoms with Crippen LogP contribution in [-0.2, 0) is 11.2 Å². The minimum atomic E-state index is 0.0681. The van der Waals surface area contributed by atoms with E-state index in [4.69, 9.17) is 4.74 Å². The number of amides is 1. The number of carbonyl (C=O) groups is 1. The lowest BCUT2D eigenvalue weighted by molar-refractivity contribution is -0.116. The van der Waals surface area contributed by atoms with E-state index in [9.17, 15) is 4.79 Å². The standard InChI is InChI=1S/C19H23NO2/c1-14-11-15(2)13-17(12-14)20-19(21)6-4-5-16-7-9-18(22-3)10-8-16/h7-13H,4-6H2,1-3H3,(H,20,21). The topological polar surface area (TPSA) is 38.3 Å². The molecule has 0 aliphatic heterocycles. The van der Waals surface area contributed by atoms with Gasteiger partial charge in [-0.2, -0.15) is 0 Å². The molecule has 1 N–H and O–H groups in total. The highest BCUT2D eigenvalue weighted by Crippen LogP contribution is 2.15. The van der Waals surface area contributed by atoms with Gasteiger partial charge in [0.25, 0.3) is 0 Å². The molecule has 0 bridgehead atoms. The van der Waals surface area contributed by atoms with Gasteiger partial charge in [0.1, 0.15) is 5.75 Å². The Hall–Kier alpha value is -2.29. The van der Waals surface area contributed by atoms with Crippen molar-refractivity contribution in [2.75, 3.05) is 12.4 Å². The molecule has 0 unspecified atom stereocenters. The Morgan fingerprint density at radius 3 is 2.27 bits per heavy atom. The number of anilines is 1. The van der Waals surface area contributed by atoms with Crippen LogP contribution >= 0.6 is 0 Å². The first-order chi connectivity index (χ1) is 10.6. The zero-order chi connectivity index (χ0) is 15.9. The molecular weight excluding hydrogens is 274 g/mol. The van der Waals surface area contributed by atoms with Gasteiger partial charge in [-0.3, -0.25) is 4.79 Å². The molecule has 0 saturated carbocycles. The number of benzene rings is 2. The molecule has 0 heterocycles. The van der Waals surface area contributed by atoms with Crippen molar-refractivity contribution in [2.45, 2.75) is 33.1 Å². The summed E-state index contributed by atoms with van der Waals surface area (Å²) in [6.45, 7) is 4.07. The summed E-state index contributed by atoms with van der Waals surface area (Å²) < 4.78 is 5.13. The van der Waals surface area contributed by atoms with E-state index in [1.54, 1.807) is 7.11 Å². The smallest absolute Gasteiger partial charge is 0.224 e. The minimum Gasteiger partial charge on any atom is -0.497 e. The molecule has 2 aromatic rings. The first kappa shape index (κ1) is 16.1. The van der Waals surface area contributed by atoms with Crippen LogP contribution in [0.4, 0.5) is 5.69 Å². The maximum absolute atomic E-state index is 12.0. The minimum absolute atomic E-state index is 0.0681. The van der Waals surface area contributed by atoms with Crippen molar-refractivity contribution in [1.82, 2.24) is 0 Å². The van der Waals surface area contributed by atoms with Gasteiger partial charge in [-0.05, 0) is 67.6 Å². The number of hydrogen-bond donors (Lipinski definition) is 1. The summed E-state index contributed by atoms with van der Waals surface area (Å²) in [5.41, 5.74) is 4.43. The van der Waals surface area contributed by atoms with Crippen molar-refractivity contribution in [1.29, 1.82) is 0 Å². The second-order valence-electron chi connectivity index (χ2n) is 5.63. The molecule has 22 heavy (non-hydrogen) atoms. The van der Waals surface area contributed by atoms with E-state index in [0.717, 1.165) is 35.4 Å². The summed E-state index contributed by atoms with van der Waals surface area (Å²) in [5, 5.41) is 2.97. The number of nitrogens with one attached hydrogen (secondary N) is 1. The predicted octanol–water partition coefficient (Wildman–Crippen LogP) is 4.27. The molecule has 116 valence electrons. The van der Waals surface area contributed by atoms with Gasteiger partial charge in [0.15, 0.2) is 0 Å². The van der Waals surface area contributed by atoms with E-state index in [-0.39, 0.29) is 5.91 Å². The van der Waals surface area contributed by atoms with Crippen LogP contribution < -0.4 is 10.1 Å².